The first-order valence-electron chi connectivity index (χ1n) is 5.03. The van der Waals surface area contributed by atoms with Gasteiger partial charge in [-0.15, -0.1) is 0 Å². The third-order valence-corrected chi connectivity index (χ3v) is 1.80. The largest absolute Gasteiger partial charge is 0.370 e. The fourth-order valence-electron chi connectivity index (χ4n) is 1.29. The molecule has 0 aliphatic heterocycles. The van der Waals surface area contributed by atoms with Gasteiger partial charge in [0.05, 0.1) is 6.04 Å². The van der Waals surface area contributed by atoms with Crippen LogP contribution in [-0.4, -0.2) is 18.0 Å². The first kappa shape index (κ1) is 12.7. The molecular formula is C9H21N5. The van der Waals surface area contributed by atoms with Crippen LogP contribution in [0.3, 0.4) is 0 Å². The molecule has 0 aromatic carbocycles. The van der Waals surface area contributed by atoms with Crippen LogP contribution in [0, 0.1) is 0 Å². The van der Waals surface area contributed by atoms with Crippen molar-refractivity contribution >= 4 is 11.9 Å². The van der Waals surface area contributed by atoms with Crippen molar-refractivity contribution in [1.29, 1.82) is 0 Å². The maximum Gasteiger partial charge on any atom is 0.218 e. The van der Waals surface area contributed by atoms with Crippen molar-refractivity contribution in [3.05, 3.63) is 0 Å². The summed E-state index contributed by atoms with van der Waals surface area (Å²) in [6.07, 6.45) is 4.22. The van der Waals surface area contributed by atoms with Crippen LogP contribution in [-0.2, 0) is 0 Å². The van der Waals surface area contributed by atoms with Crippen LogP contribution in [0.25, 0.3) is 0 Å². The number of aliphatic imine (C=N–C) groups is 2. The van der Waals surface area contributed by atoms with Gasteiger partial charge in [0.1, 0.15) is 0 Å². The van der Waals surface area contributed by atoms with Gasteiger partial charge in [0.2, 0.25) is 5.96 Å². The molecule has 0 atom stereocenters. The van der Waals surface area contributed by atoms with Gasteiger partial charge >= 0.3 is 0 Å². The van der Waals surface area contributed by atoms with E-state index in [2.05, 4.69) is 23.8 Å². The molecule has 6 N–H and O–H groups in total. The zero-order valence-electron chi connectivity index (χ0n) is 9.03. The summed E-state index contributed by atoms with van der Waals surface area (Å²) in [5.41, 5.74) is 15.9. The lowest BCUT2D eigenvalue weighted by molar-refractivity contribution is 0.555. The number of hydrogen-bond donors (Lipinski definition) is 3. The lowest BCUT2D eigenvalue weighted by atomic mass is 10.1. The second-order valence-corrected chi connectivity index (χ2v) is 3.26. The van der Waals surface area contributed by atoms with Crippen LogP contribution in [0.2, 0.25) is 0 Å². The minimum Gasteiger partial charge on any atom is -0.370 e. The quantitative estimate of drug-likeness (QED) is 0.445. The van der Waals surface area contributed by atoms with Gasteiger partial charge in [-0.1, -0.05) is 26.7 Å². The average molecular weight is 199 g/mol. The smallest absolute Gasteiger partial charge is 0.218 e. The Kier molecular flexibility index (Phi) is 6.53. The van der Waals surface area contributed by atoms with E-state index < -0.39 is 0 Å². The monoisotopic (exact) mass is 199 g/mol. The molecule has 0 unspecified atom stereocenters. The number of rotatable bonds is 5. The summed E-state index contributed by atoms with van der Waals surface area (Å²) >= 11 is 0. The molecule has 14 heavy (non-hydrogen) atoms. The Morgan fingerprint density at radius 2 is 1.57 bits per heavy atom. The number of nitrogens with two attached hydrogens (primary N) is 3. The summed E-state index contributed by atoms with van der Waals surface area (Å²) in [7, 11) is 0. The molecular weight excluding hydrogens is 178 g/mol. The van der Waals surface area contributed by atoms with Gasteiger partial charge in [-0.25, -0.2) is 4.99 Å². The maximum atomic E-state index is 5.54. The highest BCUT2D eigenvalue weighted by atomic mass is 15.1. The number of hydrogen-bond acceptors (Lipinski definition) is 1. The Morgan fingerprint density at radius 3 is 1.93 bits per heavy atom. The third kappa shape index (κ3) is 6.28. The molecule has 0 saturated carbocycles. The molecule has 0 spiro atoms. The van der Waals surface area contributed by atoms with Gasteiger partial charge in [-0.2, -0.15) is 4.99 Å². The molecule has 0 saturated heterocycles. The average Bonchev–Trinajstić information content (AvgIpc) is 2.03. The molecule has 0 aromatic rings. The molecule has 5 nitrogen and oxygen atoms in total. The highest BCUT2D eigenvalue weighted by molar-refractivity contribution is 5.92. The lowest BCUT2D eigenvalue weighted by Gasteiger charge is -2.09. The second kappa shape index (κ2) is 7.17. The predicted octanol–water partition coefficient (Wildman–Crippen LogP) is 0.543. The SMILES string of the molecule is CCCC(CCC)N=C(N)N=C(N)N. The Balaban J connectivity index is 4.30. The van der Waals surface area contributed by atoms with E-state index in [-0.39, 0.29) is 18.0 Å². The van der Waals surface area contributed by atoms with Crippen molar-refractivity contribution < 1.29 is 0 Å². The second-order valence-electron chi connectivity index (χ2n) is 3.26. The predicted molar refractivity (Wildman–Crippen MR) is 61.0 cm³/mol. The van der Waals surface area contributed by atoms with Crippen molar-refractivity contribution in [1.82, 2.24) is 0 Å². The van der Waals surface area contributed by atoms with E-state index in [1.165, 1.54) is 0 Å². The zero-order valence-corrected chi connectivity index (χ0v) is 9.03. The first-order chi connectivity index (χ1) is 6.60. The summed E-state index contributed by atoms with van der Waals surface area (Å²) in [6.45, 7) is 4.24. The van der Waals surface area contributed by atoms with E-state index in [4.69, 9.17) is 17.2 Å². The van der Waals surface area contributed by atoms with Crippen LogP contribution >= 0.6 is 0 Å². The van der Waals surface area contributed by atoms with Gasteiger partial charge in [-0.05, 0) is 12.8 Å². The topological polar surface area (TPSA) is 103 Å². The lowest BCUT2D eigenvalue weighted by Crippen LogP contribution is -2.27. The standard InChI is InChI=1S/C9H21N5/c1-3-5-7(6-4-2)13-9(12)14-8(10)11/h7H,3-6H2,1-2H3,(H6,10,11,12,13,14). The minimum absolute atomic E-state index is 0.0435. The van der Waals surface area contributed by atoms with E-state index in [1.54, 1.807) is 0 Å². The van der Waals surface area contributed by atoms with Crippen molar-refractivity contribution in [2.24, 2.45) is 27.2 Å². The fraction of sp³-hybridized carbons (Fsp3) is 0.778. The van der Waals surface area contributed by atoms with Crippen LogP contribution in [0.4, 0.5) is 0 Å². The first-order valence-corrected chi connectivity index (χ1v) is 5.03. The normalized spacial score (nSPS) is 11.8. The van der Waals surface area contributed by atoms with Gasteiger partial charge in [0.25, 0.3) is 0 Å². The molecule has 0 amide bonds. The summed E-state index contributed by atoms with van der Waals surface area (Å²) < 4.78 is 0. The number of nitrogens with zero attached hydrogens (tertiary/aromatic N) is 2. The van der Waals surface area contributed by atoms with E-state index in [1.807, 2.05) is 0 Å². The van der Waals surface area contributed by atoms with Crippen molar-refractivity contribution in [3.8, 4) is 0 Å². The molecule has 0 heterocycles. The highest BCUT2D eigenvalue weighted by Crippen LogP contribution is 2.08. The van der Waals surface area contributed by atoms with Crippen molar-refractivity contribution in [3.63, 3.8) is 0 Å². The van der Waals surface area contributed by atoms with E-state index in [9.17, 15) is 0 Å². The Bertz CT molecular complexity index is 199. The van der Waals surface area contributed by atoms with Crippen molar-refractivity contribution in [2.45, 2.75) is 45.6 Å². The van der Waals surface area contributed by atoms with Gasteiger partial charge < -0.3 is 17.2 Å². The summed E-state index contributed by atoms with van der Waals surface area (Å²) in [5.74, 6) is 0.134. The number of guanidine groups is 2. The van der Waals surface area contributed by atoms with Crippen LogP contribution in [0.5, 0.6) is 0 Å². The fourth-order valence-corrected chi connectivity index (χ4v) is 1.29. The van der Waals surface area contributed by atoms with Crippen LogP contribution in [0.1, 0.15) is 39.5 Å². The third-order valence-electron chi connectivity index (χ3n) is 1.80. The molecule has 0 bridgehead atoms. The van der Waals surface area contributed by atoms with Crippen LogP contribution in [0.15, 0.2) is 9.98 Å². The molecule has 0 aliphatic carbocycles. The Labute approximate surface area is 85.5 Å². The zero-order chi connectivity index (χ0) is 11.0. The van der Waals surface area contributed by atoms with E-state index in [0.717, 1.165) is 25.7 Å². The Hall–Kier alpha value is -1.26. The van der Waals surface area contributed by atoms with E-state index >= 15 is 0 Å². The summed E-state index contributed by atoms with van der Waals surface area (Å²) in [4.78, 5) is 7.92. The van der Waals surface area contributed by atoms with Crippen molar-refractivity contribution in [2.75, 3.05) is 0 Å². The molecule has 0 rings (SSSR count). The Morgan fingerprint density at radius 1 is 1.07 bits per heavy atom. The molecule has 82 valence electrons. The minimum atomic E-state index is -0.0435. The van der Waals surface area contributed by atoms with Gasteiger partial charge in [-0.3, -0.25) is 0 Å². The van der Waals surface area contributed by atoms with Crippen LogP contribution < -0.4 is 17.2 Å². The maximum absolute atomic E-state index is 5.54. The van der Waals surface area contributed by atoms with Gasteiger partial charge in [0, 0.05) is 0 Å². The molecule has 0 fully saturated rings. The summed E-state index contributed by atoms with van der Waals surface area (Å²) in [6, 6.07) is 0.244. The van der Waals surface area contributed by atoms with Gasteiger partial charge in [0.15, 0.2) is 5.96 Å². The van der Waals surface area contributed by atoms with E-state index in [0.29, 0.717) is 0 Å². The molecule has 0 aromatic heterocycles. The molecule has 5 heteroatoms. The summed E-state index contributed by atoms with van der Waals surface area (Å²) in [5, 5.41) is 0. The highest BCUT2D eigenvalue weighted by Gasteiger charge is 2.04. The molecule has 0 radical (unpaired) electrons. The molecule has 0 aliphatic rings.